The Morgan fingerprint density at radius 2 is 1.72 bits per heavy atom. The average molecular weight is 358 g/mol. The van der Waals surface area contributed by atoms with Crippen molar-refractivity contribution in [2.24, 2.45) is 0 Å². The van der Waals surface area contributed by atoms with Gasteiger partial charge in [0.05, 0.1) is 25.3 Å². The van der Waals surface area contributed by atoms with Gasteiger partial charge in [-0.2, -0.15) is 0 Å². The smallest absolute Gasteiger partial charge is 0.337 e. The van der Waals surface area contributed by atoms with Crippen LogP contribution in [0.25, 0.3) is 0 Å². The number of carbonyl (C=O) groups excluding carboxylic acids is 2. The number of hydrogen-bond acceptors (Lipinski definition) is 5. The van der Waals surface area contributed by atoms with E-state index in [4.69, 9.17) is 17.0 Å². The number of nitrogens with one attached hydrogen (secondary N) is 2. The molecule has 0 heterocycles. The zero-order valence-electron chi connectivity index (χ0n) is 14.1. The predicted octanol–water partition coefficient (Wildman–Crippen LogP) is 2.92. The van der Waals surface area contributed by atoms with Gasteiger partial charge in [0.25, 0.3) is 5.91 Å². The molecule has 2 N–H and O–H groups in total. The zero-order valence-corrected chi connectivity index (χ0v) is 14.9. The summed E-state index contributed by atoms with van der Waals surface area (Å²) in [6, 6.07) is 11.8. The summed E-state index contributed by atoms with van der Waals surface area (Å²) in [6.45, 7) is 1.86. The lowest BCUT2D eigenvalue weighted by Gasteiger charge is -2.13. The molecule has 0 bridgehead atoms. The highest BCUT2D eigenvalue weighted by Gasteiger charge is 2.15. The number of methoxy groups -OCH3 is 2. The van der Waals surface area contributed by atoms with Crippen LogP contribution in [0.4, 0.5) is 5.69 Å². The third-order valence-corrected chi connectivity index (χ3v) is 3.66. The largest absolute Gasteiger partial charge is 0.496 e. The Balaban J connectivity index is 2.04. The number of rotatable bonds is 4. The van der Waals surface area contributed by atoms with Crippen LogP contribution in [-0.4, -0.2) is 31.2 Å². The number of benzene rings is 2. The van der Waals surface area contributed by atoms with E-state index in [-0.39, 0.29) is 11.0 Å². The molecule has 25 heavy (non-hydrogen) atoms. The highest BCUT2D eigenvalue weighted by atomic mass is 32.1. The number of para-hydroxylation sites is 1. The first-order valence-corrected chi connectivity index (χ1v) is 7.81. The number of anilines is 1. The van der Waals surface area contributed by atoms with Crippen LogP contribution in [0, 0.1) is 6.92 Å². The van der Waals surface area contributed by atoms with Crippen LogP contribution < -0.4 is 15.4 Å². The first-order chi connectivity index (χ1) is 12.0. The first kappa shape index (κ1) is 18.4. The molecule has 0 saturated heterocycles. The molecule has 0 unspecified atom stereocenters. The number of amides is 1. The van der Waals surface area contributed by atoms with Gasteiger partial charge in [0.1, 0.15) is 5.75 Å². The Morgan fingerprint density at radius 1 is 1.04 bits per heavy atom. The second-order valence-corrected chi connectivity index (χ2v) is 5.54. The van der Waals surface area contributed by atoms with Crippen molar-refractivity contribution in [3.05, 3.63) is 59.2 Å². The quantitative estimate of drug-likeness (QED) is 0.646. The molecule has 0 aliphatic rings. The van der Waals surface area contributed by atoms with Crippen molar-refractivity contribution in [2.75, 3.05) is 19.5 Å². The number of carbonyl (C=O) groups is 2. The van der Waals surface area contributed by atoms with Crippen molar-refractivity contribution >= 4 is 34.9 Å². The summed E-state index contributed by atoms with van der Waals surface area (Å²) >= 11 is 5.16. The van der Waals surface area contributed by atoms with Gasteiger partial charge in [-0.3, -0.25) is 10.1 Å². The Labute approximate surface area is 151 Å². The maximum absolute atomic E-state index is 12.4. The molecular formula is C18H18N2O4S. The van der Waals surface area contributed by atoms with Gasteiger partial charge in [0.15, 0.2) is 5.11 Å². The van der Waals surface area contributed by atoms with E-state index in [2.05, 4.69) is 15.4 Å². The minimum atomic E-state index is -0.422. The van der Waals surface area contributed by atoms with Crippen LogP contribution >= 0.6 is 12.2 Å². The Hall–Kier alpha value is -2.93. The average Bonchev–Trinajstić information content (AvgIpc) is 2.61. The van der Waals surface area contributed by atoms with Crippen molar-refractivity contribution in [3.63, 3.8) is 0 Å². The summed E-state index contributed by atoms with van der Waals surface area (Å²) in [7, 11) is 2.83. The van der Waals surface area contributed by atoms with Gasteiger partial charge in [-0.15, -0.1) is 0 Å². The van der Waals surface area contributed by atoms with Crippen LogP contribution in [0.15, 0.2) is 42.5 Å². The lowest BCUT2D eigenvalue weighted by molar-refractivity contribution is 0.0600. The molecule has 130 valence electrons. The summed E-state index contributed by atoms with van der Waals surface area (Å²) in [5.74, 6) is -0.288. The zero-order chi connectivity index (χ0) is 18.4. The summed E-state index contributed by atoms with van der Waals surface area (Å²) in [6.07, 6.45) is 0. The molecule has 0 aliphatic carbocycles. The van der Waals surface area contributed by atoms with Crippen LogP contribution in [0.5, 0.6) is 5.75 Å². The molecule has 0 saturated carbocycles. The van der Waals surface area contributed by atoms with E-state index >= 15 is 0 Å². The van der Waals surface area contributed by atoms with E-state index in [1.54, 1.807) is 36.4 Å². The Kier molecular flexibility index (Phi) is 6.08. The molecule has 0 fully saturated rings. The van der Waals surface area contributed by atoms with Crippen molar-refractivity contribution in [1.82, 2.24) is 5.32 Å². The van der Waals surface area contributed by atoms with Gasteiger partial charge >= 0.3 is 5.97 Å². The molecule has 2 aromatic rings. The maximum atomic E-state index is 12.4. The van der Waals surface area contributed by atoms with Crippen LogP contribution in [-0.2, 0) is 4.74 Å². The summed E-state index contributed by atoms with van der Waals surface area (Å²) in [5.41, 5.74) is 2.31. The van der Waals surface area contributed by atoms with Crippen molar-refractivity contribution in [1.29, 1.82) is 0 Å². The molecule has 6 nitrogen and oxygen atoms in total. The molecule has 2 rings (SSSR count). The Bertz CT molecular complexity index is 803. The molecule has 0 atom stereocenters. The number of ether oxygens (including phenoxy) is 2. The van der Waals surface area contributed by atoms with E-state index < -0.39 is 5.97 Å². The predicted molar refractivity (Wildman–Crippen MR) is 99.2 cm³/mol. The van der Waals surface area contributed by atoms with E-state index in [9.17, 15) is 9.59 Å². The number of esters is 1. The summed E-state index contributed by atoms with van der Waals surface area (Å²) in [4.78, 5) is 23.8. The van der Waals surface area contributed by atoms with E-state index in [1.807, 2.05) is 13.0 Å². The van der Waals surface area contributed by atoms with Crippen molar-refractivity contribution in [3.8, 4) is 5.75 Å². The molecule has 0 spiro atoms. The van der Waals surface area contributed by atoms with Gasteiger partial charge < -0.3 is 14.8 Å². The lowest BCUT2D eigenvalue weighted by atomic mass is 10.1. The molecule has 0 aromatic heterocycles. The Morgan fingerprint density at radius 3 is 2.32 bits per heavy atom. The number of aryl methyl sites for hydroxylation is 1. The third kappa shape index (κ3) is 4.54. The fourth-order valence-corrected chi connectivity index (χ4v) is 2.45. The highest BCUT2D eigenvalue weighted by Crippen LogP contribution is 2.22. The van der Waals surface area contributed by atoms with Crippen molar-refractivity contribution in [2.45, 2.75) is 6.92 Å². The minimum Gasteiger partial charge on any atom is -0.496 e. The van der Waals surface area contributed by atoms with Gasteiger partial charge in [-0.25, -0.2) is 4.79 Å². The topological polar surface area (TPSA) is 76.7 Å². The SMILES string of the molecule is COC(=O)c1ccc(NC(=S)NC(=O)c2cccc(C)c2OC)cc1. The molecular weight excluding hydrogens is 340 g/mol. The molecule has 0 aliphatic heterocycles. The second kappa shape index (κ2) is 8.25. The second-order valence-electron chi connectivity index (χ2n) is 5.13. The van der Waals surface area contributed by atoms with E-state index in [0.717, 1.165) is 5.56 Å². The summed E-state index contributed by atoms with van der Waals surface area (Å²) in [5, 5.41) is 5.63. The minimum absolute atomic E-state index is 0.138. The lowest BCUT2D eigenvalue weighted by Crippen LogP contribution is -2.34. The van der Waals surface area contributed by atoms with E-state index in [0.29, 0.717) is 22.6 Å². The molecule has 7 heteroatoms. The number of thiocarbonyl (C=S) groups is 1. The summed E-state index contributed by atoms with van der Waals surface area (Å²) < 4.78 is 9.91. The fraction of sp³-hybridized carbons (Fsp3) is 0.167. The van der Waals surface area contributed by atoms with Gasteiger partial charge in [-0.05, 0) is 55.0 Å². The van der Waals surface area contributed by atoms with E-state index in [1.165, 1.54) is 14.2 Å². The molecule has 1 amide bonds. The van der Waals surface area contributed by atoms with Crippen molar-refractivity contribution < 1.29 is 19.1 Å². The monoisotopic (exact) mass is 358 g/mol. The van der Waals surface area contributed by atoms with Crippen LogP contribution in [0.1, 0.15) is 26.3 Å². The first-order valence-electron chi connectivity index (χ1n) is 7.40. The van der Waals surface area contributed by atoms with Crippen LogP contribution in [0.3, 0.4) is 0 Å². The number of hydrogen-bond donors (Lipinski definition) is 2. The molecule has 0 radical (unpaired) electrons. The standard InChI is InChI=1S/C18H18N2O4S/c1-11-5-4-6-14(15(11)23-2)16(21)20-18(25)19-13-9-7-12(8-10-13)17(22)24-3/h4-10H,1-3H3,(H2,19,20,21,25). The van der Waals surface area contributed by atoms with Gasteiger partial charge in [0, 0.05) is 5.69 Å². The normalized spacial score (nSPS) is 9.88. The maximum Gasteiger partial charge on any atom is 0.337 e. The van der Waals surface area contributed by atoms with Gasteiger partial charge in [-0.1, -0.05) is 12.1 Å². The van der Waals surface area contributed by atoms with Gasteiger partial charge in [0.2, 0.25) is 0 Å². The fourth-order valence-electron chi connectivity index (χ4n) is 2.24. The third-order valence-electron chi connectivity index (χ3n) is 3.45. The molecule has 2 aromatic carbocycles. The van der Waals surface area contributed by atoms with Crippen LogP contribution in [0.2, 0.25) is 0 Å². The highest BCUT2D eigenvalue weighted by molar-refractivity contribution is 7.80.